The van der Waals surface area contributed by atoms with Crippen LogP contribution in [0.3, 0.4) is 0 Å². The van der Waals surface area contributed by atoms with Gasteiger partial charge in [0.25, 0.3) is 5.91 Å². The first-order chi connectivity index (χ1) is 11.6. The Balaban J connectivity index is 1.99. The minimum absolute atomic E-state index is 0.0203. The molecule has 1 heterocycles. The summed E-state index contributed by atoms with van der Waals surface area (Å²) in [4.78, 5) is 12.1. The molecule has 6 heteroatoms. The van der Waals surface area contributed by atoms with Crippen molar-refractivity contribution in [2.24, 2.45) is 10.2 Å². The van der Waals surface area contributed by atoms with Crippen LogP contribution < -0.4 is 5.73 Å². The maximum Gasteiger partial charge on any atom is 0.295 e. The second kappa shape index (κ2) is 6.54. The van der Waals surface area contributed by atoms with Crippen LogP contribution in [0.1, 0.15) is 23.7 Å². The van der Waals surface area contributed by atoms with Gasteiger partial charge in [-0.1, -0.05) is 25.1 Å². The van der Waals surface area contributed by atoms with Gasteiger partial charge in [0.05, 0.1) is 5.52 Å². The van der Waals surface area contributed by atoms with Crippen molar-refractivity contribution in [3.63, 3.8) is 0 Å². The fraction of sp³-hybridized carbons (Fsp3) is 0.167. The van der Waals surface area contributed by atoms with E-state index in [0.29, 0.717) is 23.5 Å². The Kier molecular flexibility index (Phi) is 4.29. The van der Waals surface area contributed by atoms with Crippen LogP contribution in [0.5, 0.6) is 5.88 Å². The van der Waals surface area contributed by atoms with Crippen LogP contribution in [0.15, 0.2) is 58.8 Å². The van der Waals surface area contributed by atoms with E-state index < -0.39 is 5.91 Å². The SMILES string of the molecule is CCCn1c(O)c(N=NC(=O)c2ccc(N)cc2)c2ccccc21. The molecule has 24 heavy (non-hydrogen) atoms. The van der Waals surface area contributed by atoms with Crippen molar-refractivity contribution in [2.75, 3.05) is 5.73 Å². The number of anilines is 1. The number of hydrogen-bond donors (Lipinski definition) is 2. The monoisotopic (exact) mass is 322 g/mol. The number of nitrogens with zero attached hydrogens (tertiary/aromatic N) is 3. The highest BCUT2D eigenvalue weighted by Crippen LogP contribution is 2.38. The number of rotatable bonds is 4. The predicted octanol–water partition coefficient (Wildman–Crippen LogP) is 4.26. The number of nitrogens with two attached hydrogens (primary N) is 1. The molecule has 0 atom stereocenters. The molecule has 1 aromatic heterocycles. The molecule has 0 aliphatic carbocycles. The number of aryl methyl sites for hydroxylation is 1. The number of aromatic nitrogens is 1. The van der Waals surface area contributed by atoms with E-state index in [0.717, 1.165) is 17.3 Å². The molecule has 6 nitrogen and oxygen atoms in total. The molecule has 0 saturated carbocycles. The normalized spacial score (nSPS) is 11.4. The Bertz CT molecular complexity index is 911. The number of nitrogen functional groups attached to an aromatic ring is 1. The van der Waals surface area contributed by atoms with E-state index in [1.54, 1.807) is 28.8 Å². The number of aromatic hydroxyl groups is 1. The van der Waals surface area contributed by atoms with Crippen molar-refractivity contribution in [3.05, 3.63) is 54.1 Å². The fourth-order valence-corrected chi connectivity index (χ4v) is 2.60. The van der Waals surface area contributed by atoms with Crippen LogP contribution >= 0.6 is 0 Å². The first-order valence-corrected chi connectivity index (χ1v) is 7.73. The topological polar surface area (TPSA) is 93.0 Å². The number of carbonyl (C=O) groups is 1. The van der Waals surface area contributed by atoms with Crippen LogP contribution in [0.2, 0.25) is 0 Å². The van der Waals surface area contributed by atoms with E-state index in [1.807, 2.05) is 31.2 Å². The summed E-state index contributed by atoms with van der Waals surface area (Å²) < 4.78 is 1.78. The number of carbonyl (C=O) groups excluding carboxylic acids is 1. The highest BCUT2D eigenvalue weighted by Gasteiger charge is 2.16. The summed E-state index contributed by atoms with van der Waals surface area (Å²) in [5, 5.41) is 19.0. The third kappa shape index (κ3) is 2.86. The summed E-state index contributed by atoms with van der Waals surface area (Å²) in [7, 11) is 0. The molecule has 0 spiro atoms. The molecule has 0 aliphatic heterocycles. The number of hydrogen-bond acceptors (Lipinski definition) is 4. The molecule has 3 N–H and O–H groups in total. The van der Waals surface area contributed by atoms with Gasteiger partial charge in [-0.05, 0) is 36.8 Å². The third-order valence-corrected chi connectivity index (χ3v) is 3.76. The van der Waals surface area contributed by atoms with Crippen molar-refractivity contribution in [2.45, 2.75) is 19.9 Å². The second-order valence-electron chi connectivity index (χ2n) is 5.47. The molecule has 0 fully saturated rings. The number of benzene rings is 2. The number of azo groups is 1. The summed E-state index contributed by atoms with van der Waals surface area (Å²) in [5.74, 6) is -0.464. The van der Waals surface area contributed by atoms with E-state index in [2.05, 4.69) is 10.2 Å². The van der Waals surface area contributed by atoms with Crippen LogP contribution in [0.25, 0.3) is 10.9 Å². The van der Waals surface area contributed by atoms with E-state index in [1.165, 1.54) is 0 Å². The van der Waals surface area contributed by atoms with Gasteiger partial charge >= 0.3 is 0 Å². The zero-order valence-electron chi connectivity index (χ0n) is 13.3. The molecule has 0 saturated heterocycles. The number of amides is 1. The number of para-hydroxylation sites is 1. The maximum absolute atomic E-state index is 12.1. The Morgan fingerprint density at radius 1 is 1.17 bits per heavy atom. The Morgan fingerprint density at radius 3 is 2.58 bits per heavy atom. The summed E-state index contributed by atoms with van der Waals surface area (Å²) in [6.45, 7) is 2.69. The van der Waals surface area contributed by atoms with Crippen LogP contribution in [-0.2, 0) is 6.54 Å². The van der Waals surface area contributed by atoms with E-state index in [9.17, 15) is 9.90 Å². The summed E-state index contributed by atoms with van der Waals surface area (Å²) in [5.41, 5.74) is 7.74. The first-order valence-electron chi connectivity index (χ1n) is 7.73. The quantitative estimate of drug-likeness (QED) is 0.555. The molecule has 3 rings (SSSR count). The highest BCUT2D eigenvalue weighted by atomic mass is 16.3. The van der Waals surface area contributed by atoms with Gasteiger partial charge in [-0.25, -0.2) is 0 Å². The van der Waals surface area contributed by atoms with Crippen molar-refractivity contribution in [1.29, 1.82) is 0 Å². The van der Waals surface area contributed by atoms with Crippen LogP contribution in [-0.4, -0.2) is 15.6 Å². The van der Waals surface area contributed by atoms with E-state index in [4.69, 9.17) is 5.73 Å². The van der Waals surface area contributed by atoms with Crippen molar-refractivity contribution in [3.8, 4) is 5.88 Å². The lowest BCUT2D eigenvalue weighted by Gasteiger charge is -2.03. The van der Waals surface area contributed by atoms with Gasteiger partial charge in [0, 0.05) is 23.2 Å². The van der Waals surface area contributed by atoms with Gasteiger partial charge in [-0.2, -0.15) is 0 Å². The lowest BCUT2D eigenvalue weighted by molar-refractivity contribution is 0.0995. The molecule has 2 aromatic carbocycles. The molecule has 0 aliphatic rings. The lowest BCUT2D eigenvalue weighted by Crippen LogP contribution is -1.95. The van der Waals surface area contributed by atoms with Crippen molar-refractivity contribution in [1.82, 2.24) is 4.57 Å². The van der Waals surface area contributed by atoms with Gasteiger partial charge in [0.1, 0.15) is 0 Å². The summed E-state index contributed by atoms with van der Waals surface area (Å²) in [6, 6.07) is 14.0. The zero-order valence-corrected chi connectivity index (χ0v) is 13.3. The van der Waals surface area contributed by atoms with Crippen molar-refractivity contribution >= 4 is 28.2 Å². The summed E-state index contributed by atoms with van der Waals surface area (Å²) >= 11 is 0. The zero-order chi connectivity index (χ0) is 17.1. The number of fused-ring (bicyclic) bond motifs is 1. The van der Waals surface area contributed by atoms with Crippen LogP contribution in [0, 0.1) is 0 Å². The lowest BCUT2D eigenvalue weighted by atomic mass is 10.2. The maximum atomic E-state index is 12.1. The predicted molar refractivity (Wildman–Crippen MR) is 93.6 cm³/mol. The molecule has 1 amide bonds. The summed E-state index contributed by atoms with van der Waals surface area (Å²) in [6.07, 6.45) is 0.868. The highest BCUT2D eigenvalue weighted by molar-refractivity contribution is 5.97. The second-order valence-corrected chi connectivity index (χ2v) is 5.47. The van der Waals surface area contributed by atoms with Gasteiger partial charge in [0.15, 0.2) is 5.69 Å². The van der Waals surface area contributed by atoms with E-state index in [-0.39, 0.29) is 5.88 Å². The van der Waals surface area contributed by atoms with Gasteiger partial charge < -0.3 is 15.4 Å². The standard InChI is InChI=1S/C18H18N4O2/c1-2-11-22-15-6-4-3-5-14(15)16(18(22)24)20-21-17(23)12-7-9-13(19)10-8-12/h3-10,24H,2,11,19H2,1H3. The van der Waals surface area contributed by atoms with E-state index >= 15 is 0 Å². The molecular formula is C18H18N4O2. The molecule has 0 radical (unpaired) electrons. The minimum atomic E-state index is -0.485. The average Bonchev–Trinajstić information content (AvgIpc) is 2.86. The molecule has 3 aromatic rings. The van der Waals surface area contributed by atoms with Gasteiger partial charge in [0.2, 0.25) is 5.88 Å². The molecular weight excluding hydrogens is 304 g/mol. The van der Waals surface area contributed by atoms with Crippen molar-refractivity contribution < 1.29 is 9.90 Å². The Morgan fingerprint density at radius 2 is 1.88 bits per heavy atom. The Hall–Kier alpha value is -3.15. The third-order valence-electron chi connectivity index (χ3n) is 3.76. The van der Waals surface area contributed by atoms with Gasteiger partial charge in [-0.15, -0.1) is 10.2 Å². The molecule has 0 bridgehead atoms. The minimum Gasteiger partial charge on any atom is -0.493 e. The smallest absolute Gasteiger partial charge is 0.295 e. The molecule has 0 unspecified atom stereocenters. The fourth-order valence-electron chi connectivity index (χ4n) is 2.60. The largest absolute Gasteiger partial charge is 0.493 e. The Labute approximate surface area is 139 Å². The van der Waals surface area contributed by atoms with Crippen LogP contribution in [0.4, 0.5) is 11.4 Å². The average molecular weight is 322 g/mol. The van der Waals surface area contributed by atoms with Gasteiger partial charge in [-0.3, -0.25) is 4.79 Å². The first kappa shape index (κ1) is 15.7. The molecule has 122 valence electrons.